The fourth-order valence-corrected chi connectivity index (χ4v) is 3.94. The molecule has 0 unspecified atom stereocenters. The van der Waals surface area contributed by atoms with Crippen molar-refractivity contribution in [1.82, 2.24) is 19.7 Å². The lowest BCUT2D eigenvalue weighted by Gasteiger charge is -2.08. The molecule has 29 heavy (non-hydrogen) atoms. The molecule has 0 saturated heterocycles. The molecule has 2 N–H and O–H groups in total. The van der Waals surface area contributed by atoms with Gasteiger partial charge >= 0.3 is 0 Å². The summed E-state index contributed by atoms with van der Waals surface area (Å²) in [6, 6.07) is 15.1. The van der Waals surface area contributed by atoms with Crippen molar-refractivity contribution in [2.24, 2.45) is 0 Å². The second-order valence-electron chi connectivity index (χ2n) is 6.30. The van der Waals surface area contributed by atoms with Crippen LogP contribution in [-0.2, 0) is 4.79 Å². The second kappa shape index (κ2) is 8.22. The molecule has 0 aliphatic heterocycles. The Balaban J connectivity index is 1.54. The summed E-state index contributed by atoms with van der Waals surface area (Å²) in [6.45, 7) is 1.92. The third kappa shape index (κ3) is 4.25. The average Bonchev–Trinajstić information content (AvgIpc) is 3.14. The van der Waals surface area contributed by atoms with Gasteiger partial charge in [-0.2, -0.15) is 5.10 Å². The second-order valence-corrected chi connectivity index (χ2v) is 8.18. The minimum atomic E-state index is -0.288. The number of hydrogen-bond donors (Lipinski definition) is 2. The molecule has 146 valence electrons. The predicted octanol–water partition coefficient (Wildman–Crippen LogP) is 3.91. The number of carbonyl (C=O) groups excluding carboxylic acids is 1. The summed E-state index contributed by atoms with van der Waals surface area (Å²) in [5, 5.41) is 7.91. The summed E-state index contributed by atoms with van der Waals surface area (Å²) in [6.07, 6.45) is 1.49. The normalized spacial score (nSPS) is 11.0. The highest BCUT2D eigenvalue weighted by atomic mass is 79.9. The lowest BCUT2D eigenvalue weighted by Crippen LogP contribution is -2.16. The van der Waals surface area contributed by atoms with E-state index in [9.17, 15) is 9.59 Å². The van der Waals surface area contributed by atoms with Gasteiger partial charge < -0.3 is 10.3 Å². The summed E-state index contributed by atoms with van der Waals surface area (Å²) in [7, 11) is 0. The molecule has 1 amide bonds. The van der Waals surface area contributed by atoms with Crippen LogP contribution >= 0.6 is 27.7 Å². The first-order valence-electron chi connectivity index (χ1n) is 8.73. The molecular formula is C20H16BrN5O2S. The quantitative estimate of drug-likeness (QED) is 0.341. The van der Waals surface area contributed by atoms with Crippen molar-refractivity contribution in [3.05, 3.63) is 75.1 Å². The maximum Gasteiger partial charge on any atom is 0.262 e. The molecule has 2 heterocycles. The van der Waals surface area contributed by atoms with Gasteiger partial charge in [0.25, 0.3) is 5.56 Å². The maximum atomic E-state index is 12.4. The largest absolute Gasteiger partial charge is 0.325 e. The third-order valence-corrected chi connectivity index (χ3v) is 5.59. The van der Waals surface area contributed by atoms with Crippen molar-refractivity contribution in [3.8, 4) is 5.69 Å². The molecule has 7 nitrogen and oxygen atoms in total. The maximum absolute atomic E-state index is 12.4. The van der Waals surface area contributed by atoms with Crippen molar-refractivity contribution in [2.45, 2.75) is 12.1 Å². The monoisotopic (exact) mass is 469 g/mol. The number of hydrogen-bond acceptors (Lipinski definition) is 5. The van der Waals surface area contributed by atoms with Crippen LogP contribution in [-0.4, -0.2) is 31.4 Å². The van der Waals surface area contributed by atoms with Crippen LogP contribution in [0.1, 0.15) is 5.56 Å². The molecule has 0 saturated carbocycles. The number of rotatable bonds is 5. The first-order chi connectivity index (χ1) is 14.0. The molecule has 0 fully saturated rings. The topological polar surface area (TPSA) is 92.7 Å². The van der Waals surface area contributed by atoms with Crippen molar-refractivity contribution in [1.29, 1.82) is 0 Å². The van der Waals surface area contributed by atoms with Crippen LogP contribution in [0.5, 0.6) is 0 Å². The van der Waals surface area contributed by atoms with E-state index in [0.717, 1.165) is 33.2 Å². The van der Waals surface area contributed by atoms with Crippen LogP contribution in [0, 0.1) is 6.92 Å². The highest BCUT2D eigenvalue weighted by Gasteiger charge is 2.13. The summed E-state index contributed by atoms with van der Waals surface area (Å²) >= 11 is 4.57. The zero-order chi connectivity index (χ0) is 20.4. The van der Waals surface area contributed by atoms with E-state index in [4.69, 9.17) is 0 Å². The van der Waals surface area contributed by atoms with Gasteiger partial charge in [-0.25, -0.2) is 9.67 Å². The van der Waals surface area contributed by atoms with Crippen molar-refractivity contribution < 1.29 is 4.79 Å². The van der Waals surface area contributed by atoms with Gasteiger partial charge in [-0.15, -0.1) is 0 Å². The molecule has 4 rings (SSSR count). The lowest BCUT2D eigenvalue weighted by molar-refractivity contribution is -0.113. The third-order valence-electron chi connectivity index (χ3n) is 4.22. The number of halogens is 1. The van der Waals surface area contributed by atoms with Gasteiger partial charge in [-0.05, 0) is 42.8 Å². The first kappa shape index (κ1) is 19.4. The molecule has 0 radical (unpaired) electrons. The number of para-hydroxylation sites is 1. The van der Waals surface area contributed by atoms with E-state index in [1.807, 2.05) is 55.5 Å². The molecule has 4 aromatic rings. The molecule has 9 heteroatoms. The van der Waals surface area contributed by atoms with E-state index in [0.29, 0.717) is 16.2 Å². The molecule has 2 aromatic carbocycles. The highest BCUT2D eigenvalue weighted by molar-refractivity contribution is 9.10. The van der Waals surface area contributed by atoms with Gasteiger partial charge in [0, 0.05) is 10.2 Å². The Morgan fingerprint density at radius 2 is 2.03 bits per heavy atom. The summed E-state index contributed by atoms with van der Waals surface area (Å²) in [4.78, 5) is 31.9. The van der Waals surface area contributed by atoms with Crippen molar-refractivity contribution >= 4 is 50.3 Å². The Labute approximate surface area is 178 Å². The fourth-order valence-electron chi connectivity index (χ4n) is 2.81. The van der Waals surface area contributed by atoms with Crippen LogP contribution in [0.3, 0.4) is 0 Å². The number of aryl methyl sites for hydroxylation is 1. The van der Waals surface area contributed by atoms with Crippen molar-refractivity contribution in [3.63, 3.8) is 0 Å². The Morgan fingerprint density at radius 1 is 1.24 bits per heavy atom. The summed E-state index contributed by atoms with van der Waals surface area (Å²) in [5.41, 5.74) is 2.67. The Bertz CT molecular complexity index is 1250. The van der Waals surface area contributed by atoms with Gasteiger partial charge in [0.05, 0.1) is 17.6 Å². The zero-order valence-electron chi connectivity index (χ0n) is 15.3. The molecule has 0 atom stereocenters. The minimum Gasteiger partial charge on any atom is -0.325 e. The summed E-state index contributed by atoms with van der Waals surface area (Å²) < 4.78 is 2.56. The predicted molar refractivity (Wildman–Crippen MR) is 118 cm³/mol. The Kier molecular flexibility index (Phi) is 5.50. The Hall–Kier alpha value is -2.91. The smallest absolute Gasteiger partial charge is 0.262 e. The van der Waals surface area contributed by atoms with E-state index in [1.54, 1.807) is 4.68 Å². The van der Waals surface area contributed by atoms with Gasteiger partial charge in [0.15, 0.2) is 10.8 Å². The van der Waals surface area contributed by atoms with Crippen molar-refractivity contribution in [2.75, 3.05) is 11.1 Å². The number of thioether (sulfide) groups is 1. The van der Waals surface area contributed by atoms with Gasteiger partial charge in [0.2, 0.25) is 5.91 Å². The Morgan fingerprint density at radius 3 is 2.79 bits per heavy atom. The van der Waals surface area contributed by atoms with E-state index in [-0.39, 0.29) is 17.2 Å². The van der Waals surface area contributed by atoms with E-state index in [2.05, 4.69) is 36.3 Å². The first-order valence-corrected chi connectivity index (χ1v) is 10.5. The number of benzene rings is 2. The summed E-state index contributed by atoms with van der Waals surface area (Å²) in [5.74, 6) is -0.0663. The number of carbonyl (C=O) groups is 1. The number of nitrogens with one attached hydrogen (secondary N) is 2. The van der Waals surface area contributed by atoms with Crippen LogP contribution in [0.25, 0.3) is 16.7 Å². The van der Waals surface area contributed by atoms with Crippen LogP contribution in [0.15, 0.2) is 69.2 Å². The van der Waals surface area contributed by atoms with Crippen LogP contribution in [0.4, 0.5) is 5.69 Å². The van der Waals surface area contributed by atoms with Crippen LogP contribution < -0.4 is 10.9 Å². The SMILES string of the molecule is Cc1cc(Br)ccc1NC(=O)CSc1nc2c(cnn2-c2ccccc2)c(=O)[nH]1. The molecule has 0 aliphatic rings. The minimum absolute atomic E-state index is 0.115. The lowest BCUT2D eigenvalue weighted by atomic mass is 10.2. The van der Waals surface area contributed by atoms with E-state index >= 15 is 0 Å². The molecular weight excluding hydrogens is 454 g/mol. The molecule has 0 spiro atoms. The van der Waals surface area contributed by atoms with Gasteiger partial charge in [0.1, 0.15) is 5.39 Å². The number of aromatic amines is 1. The molecule has 0 aliphatic carbocycles. The highest BCUT2D eigenvalue weighted by Crippen LogP contribution is 2.21. The molecule has 2 aromatic heterocycles. The number of nitrogens with zero attached hydrogens (tertiary/aromatic N) is 3. The number of fused-ring (bicyclic) bond motifs is 1. The fraction of sp³-hybridized carbons (Fsp3) is 0.100. The number of H-pyrrole nitrogens is 1. The zero-order valence-corrected chi connectivity index (χ0v) is 17.8. The van der Waals surface area contributed by atoms with Gasteiger partial charge in [-0.1, -0.05) is 45.9 Å². The van der Waals surface area contributed by atoms with E-state index in [1.165, 1.54) is 6.20 Å². The van der Waals surface area contributed by atoms with Crippen LogP contribution in [0.2, 0.25) is 0 Å². The molecule has 0 bridgehead atoms. The van der Waals surface area contributed by atoms with Gasteiger partial charge in [-0.3, -0.25) is 9.59 Å². The number of aromatic nitrogens is 4. The number of anilines is 1. The average molecular weight is 470 g/mol. The van der Waals surface area contributed by atoms with E-state index < -0.39 is 0 Å². The standard InChI is InChI=1S/C20H16BrN5O2S/c1-12-9-13(21)7-8-16(12)23-17(27)11-29-20-24-18-15(19(28)25-20)10-22-26(18)14-5-3-2-4-6-14/h2-10H,11H2,1H3,(H,23,27)(H,24,25,28). The number of amides is 1.